The fraction of sp³-hybridized carbons (Fsp3) is 0.188. The highest BCUT2D eigenvalue weighted by molar-refractivity contribution is 6.31. The number of benzene rings is 2. The Hall–Kier alpha value is -2.00. The maximum absolute atomic E-state index is 12.2. The molecule has 102 valence electrons. The monoisotopic (exact) mass is 286 g/mol. The van der Waals surface area contributed by atoms with Gasteiger partial charge in [-0.2, -0.15) is 0 Å². The molecule has 0 spiro atoms. The Bertz CT molecular complexity index is 622. The van der Waals surface area contributed by atoms with Crippen LogP contribution in [0.25, 0.3) is 0 Å². The number of anilines is 1. The Balaban J connectivity index is 1.66. The summed E-state index contributed by atoms with van der Waals surface area (Å²) in [5.74, 6) is 0.291. The summed E-state index contributed by atoms with van der Waals surface area (Å²) in [5, 5.41) is 3.50. The first kappa shape index (κ1) is 13.0. The summed E-state index contributed by atoms with van der Waals surface area (Å²) in [6, 6.07) is 15.3. The second-order valence-electron chi connectivity index (χ2n) is 5.11. The van der Waals surface area contributed by atoms with E-state index in [0.29, 0.717) is 22.2 Å². The first-order valence-electron chi connectivity index (χ1n) is 6.55. The summed E-state index contributed by atoms with van der Waals surface area (Å²) in [5.41, 5.74) is 7.97. The minimum atomic E-state index is -0.123. The van der Waals surface area contributed by atoms with E-state index in [1.807, 2.05) is 18.2 Å². The van der Waals surface area contributed by atoms with Gasteiger partial charge in [-0.15, -0.1) is 0 Å². The number of nitrogens with one attached hydrogen (secondary N) is 1. The zero-order chi connectivity index (χ0) is 14.1. The van der Waals surface area contributed by atoms with E-state index in [2.05, 4.69) is 17.4 Å². The number of hydrogen-bond donors (Lipinski definition) is 2. The lowest BCUT2D eigenvalue weighted by Crippen LogP contribution is -2.26. The topological polar surface area (TPSA) is 55.1 Å². The third-order valence-corrected chi connectivity index (χ3v) is 3.74. The van der Waals surface area contributed by atoms with Crippen LogP contribution in [0.2, 0.25) is 5.02 Å². The fourth-order valence-corrected chi connectivity index (χ4v) is 2.66. The van der Waals surface area contributed by atoms with E-state index in [-0.39, 0.29) is 11.9 Å². The first-order valence-corrected chi connectivity index (χ1v) is 6.93. The van der Waals surface area contributed by atoms with Gasteiger partial charge in [0.25, 0.3) is 5.91 Å². The number of rotatable bonds is 3. The van der Waals surface area contributed by atoms with Crippen molar-refractivity contribution in [3.63, 3.8) is 0 Å². The van der Waals surface area contributed by atoms with Crippen LogP contribution in [-0.2, 0) is 0 Å². The summed E-state index contributed by atoms with van der Waals surface area (Å²) in [6.07, 6.45) is 0.978. The molecule has 1 amide bonds. The molecule has 0 aromatic heterocycles. The molecule has 0 radical (unpaired) electrons. The highest BCUT2D eigenvalue weighted by atomic mass is 35.5. The third-order valence-electron chi connectivity index (χ3n) is 3.52. The number of nitrogens with two attached hydrogens (primary N) is 1. The number of hydrogen-bond acceptors (Lipinski definition) is 2. The van der Waals surface area contributed by atoms with Gasteiger partial charge < -0.3 is 11.1 Å². The lowest BCUT2D eigenvalue weighted by atomic mass is 10.1. The van der Waals surface area contributed by atoms with Crippen LogP contribution in [0.3, 0.4) is 0 Å². The molecule has 3 nitrogen and oxygen atoms in total. The highest BCUT2D eigenvalue weighted by Crippen LogP contribution is 2.40. The van der Waals surface area contributed by atoms with Crippen molar-refractivity contribution in [2.75, 3.05) is 5.73 Å². The molecule has 2 atom stereocenters. The molecule has 4 heteroatoms. The molecule has 1 aliphatic rings. The predicted octanol–water partition coefficient (Wildman–Crippen LogP) is 3.21. The molecular formula is C16H15ClN2O. The van der Waals surface area contributed by atoms with E-state index in [1.165, 1.54) is 5.56 Å². The molecule has 2 aromatic carbocycles. The molecular weight excluding hydrogens is 272 g/mol. The van der Waals surface area contributed by atoms with Crippen molar-refractivity contribution in [1.82, 2.24) is 5.32 Å². The van der Waals surface area contributed by atoms with Gasteiger partial charge in [0.1, 0.15) is 0 Å². The molecule has 0 aliphatic heterocycles. The molecule has 20 heavy (non-hydrogen) atoms. The second-order valence-corrected chi connectivity index (χ2v) is 5.54. The summed E-state index contributed by atoms with van der Waals surface area (Å²) in [4.78, 5) is 12.2. The zero-order valence-electron chi connectivity index (χ0n) is 10.8. The van der Waals surface area contributed by atoms with Crippen LogP contribution >= 0.6 is 11.6 Å². The van der Waals surface area contributed by atoms with Crippen molar-refractivity contribution < 1.29 is 4.79 Å². The lowest BCUT2D eigenvalue weighted by Gasteiger charge is -2.06. The molecule has 0 saturated heterocycles. The maximum atomic E-state index is 12.2. The average molecular weight is 287 g/mol. The number of nitrogen functional groups attached to an aromatic ring is 1. The first-order chi connectivity index (χ1) is 9.63. The van der Waals surface area contributed by atoms with Crippen molar-refractivity contribution in [2.24, 2.45) is 0 Å². The van der Waals surface area contributed by atoms with Crippen molar-refractivity contribution in [3.05, 3.63) is 64.7 Å². The zero-order valence-corrected chi connectivity index (χ0v) is 11.6. The van der Waals surface area contributed by atoms with Gasteiger partial charge in [-0.3, -0.25) is 4.79 Å². The van der Waals surface area contributed by atoms with Crippen LogP contribution in [0.15, 0.2) is 48.5 Å². The van der Waals surface area contributed by atoms with Gasteiger partial charge in [-0.05, 0) is 30.2 Å². The van der Waals surface area contributed by atoms with Gasteiger partial charge in [0.2, 0.25) is 0 Å². The maximum Gasteiger partial charge on any atom is 0.251 e. The Morgan fingerprint density at radius 3 is 2.65 bits per heavy atom. The quantitative estimate of drug-likeness (QED) is 0.851. The van der Waals surface area contributed by atoms with Gasteiger partial charge in [-0.1, -0.05) is 41.9 Å². The standard InChI is InChI=1S/C16H15ClN2O/c17-12-6-11(7-13(18)8-12)16(20)19-15-9-14(15)10-4-2-1-3-5-10/h1-8,14-15H,9,18H2,(H,19,20). The van der Waals surface area contributed by atoms with E-state index in [0.717, 1.165) is 6.42 Å². The predicted molar refractivity (Wildman–Crippen MR) is 80.9 cm³/mol. The minimum absolute atomic E-state index is 0.123. The summed E-state index contributed by atoms with van der Waals surface area (Å²) < 4.78 is 0. The molecule has 3 rings (SSSR count). The summed E-state index contributed by atoms with van der Waals surface area (Å²) in [7, 11) is 0. The molecule has 3 N–H and O–H groups in total. The summed E-state index contributed by atoms with van der Waals surface area (Å²) >= 11 is 5.91. The number of carbonyl (C=O) groups is 1. The van der Waals surface area contributed by atoms with E-state index in [9.17, 15) is 4.79 Å². The van der Waals surface area contributed by atoms with Crippen molar-refractivity contribution in [2.45, 2.75) is 18.4 Å². The van der Waals surface area contributed by atoms with Crippen LogP contribution in [0.5, 0.6) is 0 Å². The van der Waals surface area contributed by atoms with Crippen LogP contribution in [0.1, 0.15) is 28.3 Å². The molecule has 2 unspecified atom stereocenters. The second kappa shape index (κ2) is 5.17. The molecule has 0 heterocycles. The summed E-state index contributed by atoms with van der Waals surface area (Å²) in [6.45, 7) is 0. The van der Waals surface area contributed by atoms with E-state index >= 15 is 0 Å². The van der Waals surface area contributed by atoms with Crippen molar-refractivity contribution in [1.29, 1.82) is 0 Å². The Morgan fingerprint density at radius 1 is 1.20 bits per heavy atom. The van der Waals surface area contributed by atoms with Crippen molar-refractivity contribution >= 4 is 23.2 Å². The average Bonchev–Trinajstić information content (AvgIpc) is 3.18. The molecule has 2 aromatic rings. The molecule has 1 saturated carbocycles. The molecule has 1 aliphatic carbocycles. The van der Waals surface area contributed by atoms with Gasteiger partial charge in [0.15, 0.2) is 0 Å². The highest BCUT2D eigenvalue weighted by Gasteiger charge is 2.39. The van der Waals surface area contributed by atoms with Gasteiger partial charge in [0.05, 0.1) is 0 Å². The van der Waals surface area contributed by atoms with Gasteiger partial charge >= 0.3 is 0 Å². The van der Waals surface area contributed by atoms with Crippen LogP contribution in [-0.4, -0.2) is 11.9 Å². The van der Waals surface area contributed by atoms with Gasteiger partial charge in [-0.25, -0.2) is 0 Å². The van der Waals surface area contributed by atoms with E-state index in [1.54, 1.807) is 18.2 Å². The Morgan fingerprint density at radius 2 is 1.95 bits per heavy atom. The van der Waals surface area contributed by atoms with Crippen molar-refractivity contribution in [3.8, 4) is 0 Å². The van der Waals surface area contributed by atoms with Crippen LogP contribution in [0, 0.1) is 0 Å². The smallest absolute Gasteiger partial charge is 0.251 e. The number of amides is 1. The molecule has 1 fully saturated rings. The fourth-order valence-electron chi connectivity index (χ4n) is 2.42. The lowest BCUT2D eigenvalue weighted by molar-refractivity contribution is 0.0950. The molecule has 0 bridgehead atoms. The van der Waals surface area contributed by atoms with E-state index in [4.69, 9.17) is 17.3 Å². The SMILES string of the molecule is Nc1cc(Cl)cc(C(=O)NC2CC2c2ccccc2)c1. The van der Waals surface area contributed by atoms with Crippen LogP contribution < -0.4 is 11.1 Å². The Labute approximate surface area is 122 Å². The Kier molecular flexibility index (Phi) is 3.36. The van der Waals surface area contributed by atoms with E-state index < -0.39 is 0 Å². The minimum Gasteiger partial charge on any atom is -0.399 e. The third kappa shape index (κ3) is 2.78. The number of halogens is 1. The van der Waals surface area contributed by atoms with Gasteiger partial charge in [0, 0.05) is 28.2 Å². The number of carbonyl (C=O) groups excluding carboxylic acids is 1. The normalized spacial score (nSPS) is 20.4. The van der Waals surface area contributed by atoms with Crippen LogP contribution in [0.4, 0.5) is 5.69 Å². The largest absolute Gasteiger partial charge is 0.399 e.